The van der Waals surface area contributed by atoms with Crippen LogP contribution in [0.1, 0.15) is 49.2 Å². The van der Waals surface area contributed by atoms with Crippen molar-refractivity contribution in [3.63, 3.8) is 0 Å². The highest BCUT2D eigenvalue weighted by Crippen LogP contribution is 2.33. The molecule has 4 aromatic rings. The third-order valence-electron chi connectivity index (χ3n) is 7.12. The van der Waals surface area contributed by atoms with Crippen molar-refractivity contribution in [1.82, 2.24) is 14.8 Å². The molecule has 13 heteroatoms. The number of benzene rings is 2. The van der Waals surface area contributed by atoms with Gasteiger partial charge in [-0.15, -0.1) is 0 Å². The highest BCUT2D eigenvalue weighted by molar-refractivity contribution is 7.91. The first kappa shape index (κ1) is 28.7. The van der Waals surface area contributed by atoms with Crippen molar-refractivity contribution >= 4 is 44.4 Å². The number of aryl methyl sites for hydroxylation is 1. The summed E-state index contributed by atoms with van der Waals surface area (Å²) in [7, 11) is 0.746. The van der Waals surface area contributed by atoms with Crippen molar-refractivity contribution in [3.05, 3.63) is 70.9 Å². The molecule has 0 aliphatic carbocycles. The number of carbonyl (C=O) groups excluding carboxylic acids is 3. The Morgan fingerprint density at radius 3 is 2.29 bits per heavy atom. The standard InChI is InChI=1S/C29H28N4O8S/c1-16-25-22(27(34)31-24-13-18(28(35)40-3)7-10-21(24)29(36)41-4)14-23(17-5-8-20(39-2)9-6-17)30-26(25)33(32-16)19-11-12-42(37,38)15-19/h5-10,13-14,19H,11-12,15H2,1-4H3,(H,31,34). The third-order valence-corrected chi connectivity index (χ3v) is 8.87. The van der Waals surface area contributed by atoms with Gasteiger partial charge in [0.25, 0.3) is 5.91 Å². The van der Waals surface area contributed by atoms with Gasteiger partial charge >= 0.3 is 11.9 Å². The van der Waals surface area contributed by atoms with Crippen LogP contribution >= 0.6 is 0 Å². The summed E-state index contributed by atoms with van der Waals surface area (Å²) >= 11 is 0. The molecule has 12 nitrogen and oxygen atoms in total. The fourth-order valence-corrected chi connectivity index (χ4v) is 6.69. The van der Waals surface area contributed by atoms with E-state index in [-0.39, 0.29) is 33.9 Å². The minimum atomic E-state index is -3.23. The zero-order chi connectivity index (χ0) is 30.2. The van der Waals surface area contributed by atoms with Gasteiger partial charge in [0.2, 0.25) is 0 Å². The van der Waals surface area contributed by atoms with E-state index in [0.29, 0.717) is 40.2 Å². The molecule has 1 fully saturated rings. The summed E-state index contributed by atoms with van der Waals surface area (Å²) in [5, 5.41) is 7.78. The third kappa shape index (κ3) is 5.42. The first-order valence-electron chi connectivity index (χ1n) is 12.9. The van der Waals surface area contributed by atoms with E-state index in [1.54, 1.807) is 49.0 Å². The molecule has 1 N–H and O–H groups in total. The largest absolute Gasteiger partial charge is 0.497 e. The molecular weight excluding hydrogens is 564 g/mol. The Bertz CT molecular complexity index is 1830. The number of pyridine rings is 1. The molecule has 1 amide bonds. The van der Waals surface area contributed by atoms with Crippen LogP contribution in [0.25, 0.3) is 22.3 Å². The highest BCUT2D eigenvalue weighted by atomic mass is 32.2. The van der Waals surface area contributed by atoms with Gasteiger partial charge in [-0.2, -0.15) is 5.10 Å². The quantitative estimate of drug-likeness (QED) is 0.315. The number of hydrogen-bond donors (Lipinski definition) is 1. The number of aromatic nitrogens is 3. The van der Waals surface area contributed by atoms with Crippen LogP contribution in [0.2, 0.25) is 0 Å². The molecular formula is C29H28N4O8S. The molecule has 42 heavy (non-hydrogen) atoms. The van der Waals surface area contributed by atoms with Crippen LogP contribution in [0.15, 0.2) is 48.5 Å². The second-order valence-corrected chi connectivity index (χ2v) is 12.0. The maximum absolute atomic E-state index is 14.0. The number of ether oxygens (including phenoxy) is 3. The highest BCUT2D eigenvalue weighted by Gasteiger charge is 2.32. The lowest BCUT2D eigenvalue weighted by atomic mass is 10.0. The van der Waals surface area contributed by atoms with Crippen molar-refractivity contribution in [1.29, 1.82) is 0 Å². The maximum atomic E-state index is 14.0. The van der Waals surface area contributed by atoms with Crippen LogP contribution < -0.4 is 10.1 Å². The van der Waals surface area contributed by atoms with Crippen molar-refractivity contribution in [2.24, 2.45) is 0 Å². The molecule has 2 aromatic carbocycles. The zero-order valence-electron chi connectivity index (χ0n) is 23.3. The first-order valence-corrected chi connectivity index (χ1v) is 14.7. The molecule has 0 bridgehead atoms. The van der Waals surface area contributed by atoms with Gasteiger partial charge in [0.15, 0.2) is 15.5 Å². The van der Waals surface area contributed by atoms with E-state index in [0.717, 1.165) is 0 Å². The normalized spacial score (nSPS) is 15.8. The van der Waals surface area contributed by atoms with Gasteiger partial charge in [0, 0.05) is 5.56 Å². The average Bonchev–Trinajstić information content (AvgIpc) is 3.53. The van der Waals surface area contributed by atoms with Gasteiger partial charge < -0.3 is 19.5 Å². The predicted octanol–water partition coefficient (Wildman–Crippen LogP) is 3.60. The van der Waals surface area contributed by atoms with Crippen molar-refractivity contribution in [3.8, 4) is 17.0 Å². The summed E-state index contributed by atoms with van der Waals surface area (Å²) in [6.07, 6.45) is 0.372. The molecule has 3 heterocycles. The molecule has 218 valence electrons. The minimum absolute atomic E-state index is 0.0303. The van der Waals surface area contributed by atoms with Crippen LogP contribution in [0, 0.1) is 6.92 Å². The monoisotopic (exact) mass is 592 g/mol. The fraction of sp³-hybridized carbons (Fsp3) is 0.276. The van der Waals surface area contributed by atoms with Crippen LogP contribution in [-0.2, 0) is 19.3 Å². The Balaban J connectivity index is 1.67. The van der Waals surface area contributed by atoms with E-state index in [9.17, 15) is 22.8 Å². The Labute approximate surface area is 241 Å². The Morgan fingerprint density at radius 2 is 1.67 bits per heavy atom. The van der Waals surface area contributed by atoms with Gasteiger partial charge in [0.1, 0.15) is 5.75 Å². The summed E-state index contributed by atoms with van der Waals surface area (Å²) in [6, 6.07) is 12.3. The number of hydrogen-bond acceptors (Lipinski definition) is 10. The number of sulfone groups is 1. The van der Waals surface area contributed by atoms with E-state index < -0.39 is 33.7 Å². The van der Waals surface area contributed by atoms with Crippen molar-refractivity contribution in [2.45, 2.75) is 19.4 Å². The van der Waals surface area contributed by atoms with E-state index in [2.05, 4.69) is 10.4 Å². The second-order valence-electron chi connectivity index (χ2n) is 9.77. The average molecular weight is 593 g/mol. The van der Waals surface area contributed by atoms with E-state index >= 15 is 0 Å². The number of esters is 2. The van der Waals surface area contributed by atoms with Crippen molar-refractivity contribution < 1.29 is 37.0 Å². The zero-order valence-corrected chi connectivity index (χ0v) is 24.1. The molecule has 0 spiro atoms. The van der Waals surface area contributed by atoms with Crippen LogP contribution in [-0.4, -0.2) is 73.9 Å². The lowest BCUT2D eigenvalue weighted by Crippen LogP contribution is -2.17. The van der Waals surface area contributed by atoms with E-state index in [1.165, 1.54) is 32.4 Å². The summed E-state index contributed by atoms with van der Waals surface area (Å²) in [5.74, 6) is -1.38. The first-order chi connectivity index (χ1) is 20.0. The molecule has 2 aromatic heterocycles. The number of methoxy groups -OCH3 is 3. The summed E-state index contributed by atoms with van der Waals surface area (Å²) in [5.41, 5.74) is 2.32. The van der Waals surface area contributed by atoms with E-state index in [1.807, 2.05) is 0 Å². The summed E-state index contributed by atoms with van der Waals surface area (Å²) in [6.45, 7) is 1.71. The second kappa shape index (κ2) is 11.2. The fourth-order valence-electron chi connectivity index (χ4n) is 4.99. The molecule has 1 saturated heterocycles. The number of anilines is 1. The van der Waals surface area contributed by atoms with Crippen LogP contribution in [0.4, 0.5) is 5.69 Å². The van der Waals surface area contributed by atoms with Gasteiger partial charge in [-0.25, -0.2) is 27.7 Å². The van der Waals surface area contributed by atoms with Gasteiger partial charge in [-0.05, 0) is 61.9 Å². The number of amides is 1. The predicted molar refractivity (Wildman–Crippen MR) is 154 cm³/mol. The van der Waals surface area contributed by atoms with E-state index in [4.69, 9.17) is 19.2 Å². The topological polar surface area (TPSA) is 156 Å². The summed E-state index contributed by atoms with van der Waals surface area (Å²) in [4.78, 5) is 43.5. The smallest absolute Gasteiger partial charge is 0.339 e. The SMILES string of the molecule is COC(=O)c1ccc(C(=O)OC)c(NC(=O)c2cc(-c3ccc(OC)cc3)nc3c2c(C)nn3C2CCS(=O)(=O)C2)c1. The number of rotatable bonds is 7. The lowest BCUT2D eigenvalue weighted by molar-refractivity contribution is 0.0587. The van der Waals surface area contributed by atoms with Gasteiger partial charge in [-0.3, -0.25) is 4.79 Å². The molecule has 1 aliphatic heterocycles. The maximum Gasteiger partial charge on any atom is 0.339 e. The number of nitrogens with one attached hydrogen (secondary N) is 1. The van der Waals surface area contributed by atoms with Crippen LogP contribution in [0.5, 0.6) is 5.75 Å². The van der Waals surface area contributed by atoms with Crippen molar-refractivity contribution in [2.75, 3.05) is 38.2 Å². The Morgan fingerprint density at radius 1 is 0.952 bits per heavy atom. The Hall–Kier alpha value is -4.78. The Kier molecular flexibility index (Phi) is 7.69. The summed E-state index contributed by atoms with van der Waals surface area (Å²) < 4.78 is 41.1. The molecule has 5 rings (SSSR count). The number of carbonyl (C=O) groups is 3. The van der Waals surface area contributed by atoms with Crippen LogP contribution in [0.3, 0.4) is 0 Å². The van der Waals surface area contributed by atoms with Gasteiger partial charge in [0.05, 0.1) is 78.0 Å². The molecule has 1 aliphatic rings. The number of fused-ring (bicyclic) bond motifs is 1. The molecule has 1 unspecified atom stereocenters. The molecule has 0 saturated carbocycles. The molecule has 0 radical (unpaired) electrons. The minimum Gasteiger partial charge on any atom is -0.497 e. The van der Waals surface area contributed by atoms with Gasteiger partial charge in [-0.1, -0.05) is 0 Å². The molecule has 1 atom stereocenters. The lowest BCUT2D eigenvalue weighted by Gasteiger charge is -2.14. The number of nitrogens with zero attached hydrogens (tertiary/aromatic N) is 3.